The van der Waals surface area contributed by atoms with E-state index in [0.29, 0.717) is 17.6 Å². The molecule has 194 valence electrons. The van der Waals surface area contributed by atoms with Crippen molar-refractivity contribution in [1.29, 1.82) is 5.26 Å². The average Bonchev–Trinajstić information content (AvgIpc) is 3.64. The van der Waals surface area contributed by atoms with Crippen LogP contribution < -0.4 is 4.90 Å². The Balaban J connectivity index is 1.16. The molecule has 0 amide bonds. The standard InChI is InChI=1S/C30H29N9/c1-20(2)38-17-25(14-34-38)23-8-28(30-24(10-31)13-35-39(30)16-23)22-5-6-29(33-12-22)36-18-26-9-27(19-36)37(26)15-21-4-3-7-32-11-21/h3-8,11-14,16-17,20,26-27H,9,15,18-19H2,1-2H3. The topological polar surface area (TPSA) is 91.2 Å². The van der Waals surface area contributed by atoms with Crippen molar-refractivity contribution < 1.29 is 0 Å². The summed E-state index contributed by atoms with van der Waals surface area (Å²) in [6.45, 7) is 7.12. The Hall–Kier alpha value is -4.55. The van der Waals surface area contributed by atoms with Gasteiger partial charge in [0.15, 0.2) is 0 Å². The number of nitriles is 1. The lowest BCUT2D eigenvalue weighted by molar-refractivity contribution is -0.00875. The molecule has 3 fully saturated rings. The molecule has 2 atom stereocenters. The van der Waals surface area contributed by atoms with E-state index in [4.69, 9.17) is 4.98 Å². The molecule has 3 aliphatic heterocycles. The van der Waals surface area contributed by atoms with Crippen LogP contribution in [0.25, 0.3) is 27.8 Å². The molecule has 39 heavy (non-hydrogen) atoms. The highest BCUT2D eigenvalue weighted by molar-refractivity contribution is 5.87. The summed E-state index contributed by atoms with van der Waals surface area (Å²) in [6.07, 6.45) is 14.5. The van der Waals surface area contributed by atoms with Gasteiger partial charge in [0.1, 0.15) is 11.9 Å². The van der Waals surface area contributed by atoms with Gasteiger partial charge in [-0.15, -0.1) is 0 Å². The number of hydrogen-bond donors (Lipinski definition) is 0. The van der Waals surface area contributed by atoms with Crippen LogP contribution in [0.2, 0.25) is 0 Å². The van der Waals surface area contributed by atoms with Crippen molar-refractivity contribution in [1.82, 2.24) is 34.3 Å². The monoisotopic (exact) mass is 515 g/mol. The fraction of sp³-hybridized carbons (Fsp3) is 0.300. The molecule has 0 N–H and O–H groups in total. The second kappa shape index (κ2) is 9.33. The zero-order chi connectivity index (χ0) is 26.5. The summed E-state index contributed by atoms with van der Waals surface area (Å²) >= 11 is 0. The molecule has 3 saturated heterocycles. The van der Waals surface area contributed by atoms with Crippen LogP contribution in [0.4, 0.5) is 5.82 Å². The van der Waals surface area contributed by atoms with Crippen molar-refractivity contribution in [3.8, 4) is 28.3 Å². The van der Waals surface area contributed by atoms with Crippen LogP contribution in [-0.4, -0.2) is 59.4 Å². The summed E-state index contributed by atoms with van der Waals surface area (Å²) in [4.78, 5) is 14.1. The molecule has 0 spiro atoms. The molecule has 8 rings (SSSR count). The lowest BCUT2D eigenvalue weighted by Gasteiger charge is -2.56. The minimum Gasteiger partial charge on any atom is -0.353 e. The minimum atomic E-state index is 0.275. The van der Waals surface area contributed by atoms with Gasteiger partial charge in [0.05, 0.1) is 23.5 Å². The molecule has 0 saturated carbocycles. The summed E-state index contributed by atoms with van der Waals surface area (Å²) < 4.78 is 3.74. The first-order chi connectivity index (χ1) is 19.1. The lowest BCUT2D eigenvalue weighted by atomic mass is 9.87. The third kappa shape index (κ3) is 4.14. The number of pyridine rings is 3. The van der Waals surface area contributed by atoms with Gasteiger partial charge in [-0.25, -0.2) is 9.50 Å². The van der Waals surface area contributed by atoms with Crippen LogP contribution in [-0.2, 0) is 6.54 Å². The van der Waals surface area contributed by atoms with Crippen LogP contribution in [0, 0.1) is 11.3 Å². The largest absolute Gasteiger partial charge is 0.353 e. The molecule has 0 aromatic carbocycles. The van der Waals surface area contributed by atoms with Crippen LogP contribution in [0.15, 0.2) is 73.7 Å². The van der Waals surface area contributed by atoms with E-state index in [1.165, 1.54) is 12.0 Å². The van der Waals surface area contributed by atoms with Crippen LogP contribution >= 0.6 is 0 Å². The highest BCUT2D eigenvalue weighted by atomic mass is 15.4. The molecule has 9 heteroatoms. The predicted molar refractivity (Wildman–Crippen MR) is 149 cm³/mol. The van der Waals surface area contributed by atoms with Crippen molar-refractivity contribution in [3.05, 3.63) is 84.8 Å². The van der Waals surface area contributed by atoms with Crippen molar-refractivity contribution >= 4 is 11.3 Å². The van der Waals surface area contributed by atoms with Crippen molar-refractivity contribution in [3.63, 3.8) is 0 Å². The van der Waals surface area contributed by atoms with Gasteiger partial charge in [0.25, 0.3) is 0 Å². The number of aromatic nitrogens is 6. The number of anilines is 1. The second-order valence-corrected chi connectivity index (χ2v) is 10.8. The number of nitrogens with zero attached hydrogens (tertiary/aromatic N) is 9. The summed E-state index contributed by atoms with van der Waals surface area (Å²) in [6, 6.07) is 14.1. The smallest absolute Gasteiger partial charge is 0.128 e. The minimum absolute atomic E-state index is 0.275. The Morgan fingerprint density at radius 2 is 1.85 bits per heavy atom. The number of rotatable bonds is 6. The van der Waals surface area contributed by atoms with Gasteiger partial charge in [0.2, 0.25) is 0 Å². The number of piperidine rings is 1. The fourth-order valence-electron chi connectivity index (χ4n) is 5.92. The first-order valence-electron chi connectivity index (χ1n) is 13.4. The van der Waals surface area contributed by atoms with E-state index in [1.54, 1.807) is 10.7 Å². The summed E-state index contributed by atoms with van der Waals surface area (Å²) in [5, 5.41) is 18.7. The summed E-state index contributed by atoms with van der Waals surface area (Å²) in [7, 11) is 0. The first-order valence-corrected chi connectivity index (χ1v) is 13.4. The molecule has 8 heterocycles. The quantitative estimate of drug-likeness (QED) is 0.327. The van der Waals surface area contributed by atoms with Crippen molar-refractivity contribution in [2.75, 3.05) is 18.0 Å². The van der Waals surface area contributed by atoms with E-state index in [1.807, 2.05) is 47.9 Å². The van der Waals surface area contributed by atoms with Gasteiger partial charge in [-0.3, -0.25) is 14.6 Å². The molecule has 0 aliphatic carbocycles. The van der Waals surface area contributed by atoms with E-state index < -0.39 is 0 Å². The Bertz CT molecular complexity index is 1670. The van der Waals surface area contributed by atoms with Crippen LogP contribution in [0.5, 0.6) is 0 Å². The van der Waals surface area contributed by atoms with E-state index in [9.17, 15) is 5.26 Å². The van der Waals surface area contributed by atoms with Crippen LogP contribution in [0.3, 0.4) is 0 Å². The number of hydrogen-bond acceptors (Lipinski definition) is 7. The first kappa shape index (κ1) is 23.6. The zero-order valence-corrected chi connectivity index (χ0v) is 22.0. The molecule has 9 nitrogen and oxygen atoms in total. The molecule has 3 aliphatic rings. The van der Waals surface area contributed by atoms with E-state index in [0.717, 1.165) is 53.2 Å². The summed E-state index contributed by atoms with van der Waals surface area (Å²) in [5.74, 6) is 0.994. The highest BCUT2D eigenvalue weighted by Gasteiger charge is 2.44. The number of piperazine rings is 1. The fourth-order valence-corrected chi connectivity index (χ4v) is 5.92. The van der Waals surface area contributed by atoms with Crippen molar-refractivity contribution in [2.24, 2.45) is 0 Å². The third-order valence-corrected chi connectivity index (χ3v) is 8.01. The molecule has 2 bridgehead atoms. The van der Waals surface area contributed by atoms with Gasteiger partial charge in [-0.05, 0) is 50.1 Å². The van der Waals surface area contributed by atoms with E-state index >= 15 is 0 Å². The molecule has 2 unspecified atom stereocenters. The maximum Gasteiger partial charge on any atom is 0.128 e. The zero-order valence-electron chi connectivity index (χ0n) is 22.0. The van der Waals surface area contributed by atoms with Gasteiger partial charge >= 0.3 is 0 Å². The Kier molecular flexibility index (Phi) is 5.63. The third-order valence-electron chi connectivity index (χ3n) is 8.01. The van der Waals surface area contributed by atoms with Crippen molar-refractivity contribution in [2.45, 2.75) is 44.9 Å². The van der Waals surface area contributed by atoms with Crippen LogP contribution in [0.1, 0.15) is 37.4 Å². The molecular formula is C30H29N9. The molecule has 5 aromatic heterocycles. The van der Waals surface area contributed by atoms with Gasteiger partial charge < -0.3 is 4.90 Å². The Morgan fingerprint density at radius 3 is 2.54 bits per heavy atom. The highest BCUT2D eigenvalue weighted by Crippen LogP contribution is 2.36. The SMILES string of the molecule is CC(C)n1cc(-c2cc(-c3ccc(N4CC5CC(C4)N5Cc4cccnc4)nc3)c3c(C#N)cnn3c2)cn1. The van der Waals surface area contributed by atoms with E-state index in [-0.39, 0.29) is 6.04 Å². The maximum atomic E-state index is 9.76. The number of fused-ring (bicyclic) bond motifs is 3. The average molecular weight is 516 g/mol. The van der Waals surface area contributed by atoms with Gasteiger partial charge in [0, 0.05) is 91.0 Å². The molecule has 0 radical (unpaired) electrons. The van der Waals surface area contributed by atoms with Gasteiger partial charge in [-0.1, -0.05) is 6.07 Å². The molecular weight excluding hydrogens is 486 g/mol. The predicted octanol–water partition coefficient (Wildman–Crippen LogP) is 4.57. The maximum absolute atomic E-state index is 9.76. The Labute approximate surface area is 227 Å². The second-order valence-electron chi connectivity index (χ2n) is 10.8. The lowest BCUT2D eigenvalue weighted by Crippen LogP contribution is -2.68. The van der Waals surface area contributed by atoms with Gasteiger partial charge in [-0.2, -0.15) is 15.5 Å². The Morgan fingerprint density at radius 1 is 0.974 bits per heavy atom. The van der Waals surface area contributed by atoms with E-state index in [2.05, 4.69) is 69.2 Å². The molecule has 5 aromatic rings. The normalized spacial score (nSPS) is 18.9. The summed E-state index contributed by atoms with van der Waals surface area (Å²) in [5.41, 5.74) is 6.49.